The monoisotopic (exact) mass is 279 g/mol. The van der Waals surface area contributed by atoms with Crippen LogP contribution in [0.2, 0.25) is 0 Å². The van der Waals surface area contributed by atoms with Gasteiger partial charge in [-0.3, -0.25) is 0 Å². The topological polar surface area (TPSA) is 30.7 Å². The largest absolute Gasteiger partial charge is 0.247 e. The van der Waals surface area contributed by atoms with Crippen molar-refractivity contribution in [2.24, 2.45) is 17.8 Å². The summed E-state index contributed by atoms with van der Waals surface area (Å²) in [6.07, 6.45) is 4.58. The summed E-state index contributed by atoms with van der Waals surface area (Å²) in [5, 5.41) is 8.75. The zero-order valence-electron chi connectivity index (χ0n) is 12.4. The molecule has 0 radical (unpaired) electrons. The van der Waals surface area contributed by atoms with Crippen molar-refractivity contribution >= 4 is 12.6 Å². The molecule has 1 heterocycles. The zero-order chi connectivity index (χ0) is 13.8. The van der Waals surface area contributed by atoms with E-state index in [0.29, 0.717) is 6.04 Å². The van der Waals surface area contributed by atoms with E-state index in [1.54, 1.807) is 0 Å². The third kappa shape index (κ3) is 2.03. The Labute approximate surface area is 121 Å². The highest BCUT2D eigenvalue weighted by Gasteiger charge is 2.62. The van der Waals surface area contributed by atoms with Crippen molar-refractivity contribution in [2.45, 2.75) is 64.2 Å². The van der Waals surface area contributed by atoms with E-state index in [0.717, 1.165) is 37.0 Å². The Bertz CT molecular complexity index is 480. The van der Waals surface area contributed by atoms with Crippen molar-refractivity contribution in [3.8, 4) is 0 Å². The molecule has 1 aromatic rings. The average Bonchev–Trinajstić information content (AvgIpc) is 2.71. The molecule has 1 fully saturated rings. The van der Waals surface area contributed by atoms with Crippen molar-refractivity contribution in [3.63, 3.8) is 0 Å². The van der Waals surface area contributed by atoms with Crippen molar-refractivity contribution in [1.29, 1.82) is 0 Å². The van der Waals surface area contributed by atoms with Gasteiger partial charge >= 0.3 is 0 Å². The predicted molar refractivity (Wildman–Crippen MR) is 80.6 cm³/mol. The molecule has 0 N–H and O–H groups in total. The van der Waals surface area contributed by atoms with E-state index in [9.17, 15) is 0 Å². The second-order valence-corrected chi connectivity index (χ2v) is 7.76. The standard InChI is InChI=1S/C15H25N3S/c1-9(2)14-11-5-6-13-12(7-8-15(11,14)19)16-17-18(13)10(3)4/h9-11,14,19H,5-8H2,1-4H3. The zero-order valence-corrected chi connectivity index (χ0v) is 13.3. The molecule has 0 bridgehead atoms. The second-order valence-electron chi connectivity index (χ2n) is 6.93. The first-order valence-electron chi connectivity index (χ1n) is 7.60. The SMILES string of the molecule is CC(C)C1C2CCc3c(nnn3C(C)C)CCC21S. The Balaban J connectivity index is 1.84. The van der Waals surface area contributed by atoms with E-state index in [4.69, 9.17) is 12.6 Å². The van der Waals surface area contributed by atoms with Gasteiger partial charge in [0, 0.05) is 10.8 Å². The fraction of sp³-hybridized carbons (Fsp3) is 0.867. The summed E-state index contributed by atoms with van der Waals surface area (Å²) in [5.41, 5.74) is 2.59. The molecule has 2 aliphatic carbocycles. The van der Waals surface area contributed by atoms with Gasteiger partial charge in [-0.05, 0) is 57.3 Å². The average molecular weight is 279 g/mol. The molecule has 0 spiro atoms. The first kappa shape index (κ1) is 13.5. The Hall–Kier alpha value is -0.510. The predicted octanol–water partition coefficient (Wildman–Crippen LogP) is 3.31. The first-order valence-corrected chi connectivity index (χ1v) is 8.05. The quantitative estimate of drug-likeness (QED) is 0.842. The van der Waals surface area contributed by atoms with Gasteiger partial charge in [0.1, 0.15) is 0 Å². The van der Waals surface area contributed by atoms with Crippen molar-refractivity contribution in [2.75, 3.05) is 0 Å². The minimum Gasteiger partial charge on any atom is -0.247 e. The summed E-state index contributed by atoms with van der Waals surface area (Å²) in [6, 6.07) is 0.413. The van der Waals surface area contributed by atoms with Crippen LogP contribution in [-0.2, 0) is 12.8 Å². The third-order valence-corrected chi connectivity index (χ3v) is 5.93. The van der Waals surface area contributed by atoms with Gasteiger partial charge in [0.05, 0.1) is 11.4 Å². The molecule has 1 saturated carbocycles. The molecule has 2 aliphatic rings. The van der Waals surface area contributed by atoms with Crippen LogP contribution in [0.3, 0.4) is 0 Å². The molecule has 3 atom stereocenters. The van der Waals surface area contributed by atoms with Gasteiger partial charge in [-0.1, -0.05) is 19.1 Å². The molecule has 3 rings (SSSR count). The minimum atomic E-state index is 0.271. The first-order chi connectivity index (χ1) is 8.95. The van der Waals surface area contributed by atoms with Crippen LogP contribution >= 0.6 is 12.6 Å². The lowest BCUT2D eigenvalue weighted by Crippen LogP contribution is -2.14. The second kappa shape index (κ2) is 4.51. The highest BCUT2D eigenvalue weighted by molar-refractivity contribution is 7.82. The molecule has 0 saturated heterocycles. The molecule has 3 unspecified atom stereocenters. The molecule has 0 amide bonds. The van der Waals surface area contributed by atoms with Crippen LogP contribution in [0, 0.1) is 17.8 Å². The van der Waals surface area contributed by atoms with E-state index in [1.807, 2.05) is 0 Å². The lowest BCUT2D eigenvalue weighted by molar-refractivity contribution is 0.472. The summed E-state index contributed by atoms with van der Waals surface area (Å²) in [4.78, 5) is 0. The maximum atomic E-state index is 5.03. The van der Waals surface area contributed by atoms with Crippen LogP contribution in [0.5, 0.6) is 0 Å². The molecular weight excluding hydrogens is 254 g/mol. The van der Waals surface area contributed by atoms with E-state index >= 15 is 0 Å². The van der Waals surface area contributed by atoms with E-state index in [2.05, 4.69) is 42.7 Å². The van der Waals surface area contributed by atoms with Gasteiger partial charge in [-0.15, -0.1) is 5.10 Å². The molecular formula is C15H25N3S. The molecule has 4 heteroatoms. The van der Waals surface area contributed by atoms with Crippen LogP contribution in [0.25, 0.3) is 0 Å². The number of fused-ring (bicyclic) bond motifs is 2. The van der Waals surface area contributed by atoms with Gasteiger partial charge in [0.15, 0.2) is 0 Å². The molecule has 19 heavy (non-hydrogen) atoms. The van der Waals surface area contributed by atoms with Crippen LogP contribution in [0.4, 0.5) is 0 Å². The van der Waals surface area contributed by atoms with Gasteiger partial charge in [0.2, 0.25) is 0 Å². The molecule has 1 aromatic heterocycles. The molecule has 106 valence electrons. The van der Waals surface area contributed by atoms with Crippen LogP contribution in [0.15, 0.2) is 0 Å². The maximum absolute atomic E-state index is 5.03. The number of thiol groups is 1. The number of hydrogen-bond donors (Lipinski definition) is 1. The molecule has 3 nitrogen and oxygen atoms in total. The Morgan fingerprint density at radius 1 is 1.26 bits per heavy atom. The number of aromatic nitrogens is 3. The van der Waals surface area contributed by atoms with Crippen molar-refractivity contribution < 1.29 is 0 Å². The van der Waals surface area contributed by atoms with E-state index < -0.39 is 0 Å². The summed E-state index contributed by atoms with van der Waals surface area (Å²) in [5.74, 6) is 2.33. The van der Waals surface area contributed by atoms with Crippen LogP contribution in [0.1, 0.15) is 58.0 Å². The fourth-order valence-corrected chi connectivity index (χ4v) is 4.99. The summed E-state index contributed by atoms with van der Waals surface area (Å²) in [7, 11) is 0. The number of aryl methyl sites for hydroxylation is 1. The number of nitrogens with zero attached hydrogens (tertiary/aromatic N) is 3. The fourth-order valence-electron chi connectivity index (χ4n) is 4.18. The van der Waals surface area contributed by atoms with Crippen molar-refractivity contribution in [1.82, 2.24) is 15.0 Å². The lowest BCUT2D eigenvalue weighted by Gasteiger charge is -2.16. The lowest BCUT2D eigenvalue weighted by atomic mass is 10.0. The number of hydrogen-bond acceptors (Lipinski definition) is 3. The normalized spacial score (nSPS) is 33.8. The smallest absolute Gasteiger partial charge is 0.0859 e. The van der Waals surface area contributed by atoms with Gasteiger partial charge < -0.3 is 0 Å². The Morgan fingerprint density at radius 2 is 2.00 bits per heavy atom. The number of rotatable bonds is 2. The highest BCUT2D eigenvalue weighted by atomic mass is 32.1. The molecule has 0 aromatic carbocycles. The minimum absolute atomic E-state index is 0.271. The third-order valence-electron chi connectivity index (χ3n) is 5.08. The van der Waals surface area contributed by atoms with E-state index in [-0.39, 0.29) is 4.75 Å². The van der Waals surface area contributed by atoms with Crippen LogP contribution < -0.4 is 0 Å². The van der Waals surface area contributed by atoms with Gasteiger partial charge in [-0.2, -0.15) is 12.6 Å². The summed E-state index contributed by atoms with van der Waals surface area (Å²) >= 11 is 5.03. The highest BCUT2D eigenvalue weighted by Crippen LogP contribution is 2.63. The molecule has 0 aliphatic heterocycles. The van der Waals surface area contributed by atoms with Crippen molar-refractivity contribution in [3.05, 3.63) is 11.4 Å². The maximum Gasteiger partial charge on any atom is 0.0859 e. The summed E-state index contributed by atoms with van der Waals surface area (Å²) in [6.45, 7) is 9.05. The van der Waals surface area contributed by atoms with Gasteiger partial charge in [0.25, 0.3) is 0 Å². The Morgan fingerprint density at radius 3 is 2.63 bits per heavy atom. The Kier molecular flexibility index (Phi) is 3.19. The van der Waals surface area contributed by atoms with Crippen LogP contribution in [-0.4, -0.2) is 19.7 Å². The summed E-state index contributed by atoms with van der Waals surface area (Å²) < 4.78 is 2.39. The van der Waals surface area contributed by atoms with E-state index in [1.165, 1.54) is 17.8 Å². The van der Waals surface area contributed by atoms with Gasteiger partial charge in [-0.25, -0.2) is 4.68 Å².